The second-order valence-corrected chi connectivity index (χ2v) is 6.10. The maximum absolute atomic E-state index is 12.4. The Hall–Kier alpha value is -3.15. The normalized spacial score (nSPS) is 11.8. The van der Waals surface area contributed by atoms with Gasteiger partial charge in [-0.3, -0.25) is 4.79 Å². The highest BCUT2D eigenvalue weighted by Crippen LogP contribution is 2.30. The van der Waals surface area contributed by atoms with Crippen molar-refractivity contribution < 1.29 is 23.7 Å². The standard InChI is InChI=1S/C22H27NO5/c1-6-7-16-8-10-20(21(12-16)27-5)28-14-22(24)23-15(2)18-13-17(25-3)9-11-19(18)26-4/h6-13,15H,14H2,1-5H3,(H,23,24)/b7-6+/t15-/m1/s1. The summed E-state index contributed by atoms with van der Waals surface area (Å²) < 4.78 is 21.6. The van der Waals surface area contributed by atoms with Crippen molar-refractivity contribution in [2.45, 2.75) is 19.9 Å². The first-order valence-electron chi connectivity index (χ1n) is 8.97. The zero-order valence-corrected chi connectivity index (χ0v) is 16.9. The van der Waals surface area contributed by atoms with E-state index in [1.54, 1.807) is 27.4 Å². The van der Waals surface area contributed by atoms with Gasteiger partial charge in [-0.15, -0.1) is 0 Å². The molecule has 0 radical (unpaired) electrons. The highest BCUT2D eigenvalue weighted by atomic mass is 16.5. The molecule has 2 rings (SSSR count). The number of hydrogen-bond acceptors (Lipinski definition) is 5. The van der Waals surface area contributed by atoms with E-state index in [1.165, 1.54) is 0 Å². The largest absolute Gasteiger partial charge is 0.497 e. The molecule has 0 fully saturated rings. The SMILES string of the molecule is C/C=C/c1ccc(OCC(=O)N[C@H](C)c2cc(OC)ccc2OC)c(OC)c1. The molecule has 1 atom stereocenters. The fourth-order valence-electron chi connectivity index (χ4n) is 2.78. The average molecular weight is 385 g/mol. The zero-order valence-electron chi connectivity index (χ0n) is 16.9. The van der Waals surface area contributed by atoms with Crippen LogP contribution in [0.1, 0.15) is 31.0 Å². The molecule has 0 heterocycles. The summed E-state index contributed by atoms with van der Waals surface area (Å²) in [7, 11) is 4.75. The number of amides is 1. The van der Waals surface area contributed by atoms with E-state index in [9.17, 15) is 4.79 Å². The van der Waals surface area contributed by atoms with Crippen LogP contribution in [0.2, 0.25) is 0 Å². The average Bonchev–Trinajstić information content (AvgIpc) is 2.72. The van der Waals surface area contributed by atoms with Crippen LogP contribution in [0.15, 0.2) is 42.5 Å². The Kier molecular flexibility index (Phi) is 7.75. The molecule has 150 valence electrons. The molecule has 6 nitrogen and oxygen atoms in total. The number of nitrogens with one attached hydrogen (secondary N) is 1. The summed E-state index contributed by atoms with van der Waals surface area (Å²) in [4.78, 5) is 12.4. The number of hydrogen-bond donors (Lipinski definition) is 1. The van der Waals surface area contributed by atoms with Crippen LogP contribution in [0.5, 0.6) is 23.0 Å². The van der Waals surface area contributed by atoms with E-state index < -0.39 is 0 Å². The fourth-order valence-corrected chi connectivity index (χ4v) is 2.78. The van der Waals surface area contributed by atoms with Crippen LogP contribution in [0.25, 0.3) is 6.08 Å². The Morgan fingerprint density at radius 3 is 2.36 bits per heavy atom. The van der Waals surface area contributed by atoms with E-state index in [-0.39, 0.29) is 18.6 Å². The van der Waals surface area contributed by atoms with E-state index in [0.717, 1.165) is 11.1 Å². The third-order valence-electron chi connectivity index (χ3n) is 4.19. The Balaban J connectivity index is 2.03. The van der Waals surface area contributed by atoms with Crippen molar-refractivity contribution in [3.63, 3.8) is 0 Å². The predicted molar refractivity (Wildman–Crippen MR) is 109 cm³/mol. The number of allylic oxidation sites excluding steroid dienone is 1. The molecule has 6 heteroatoms. The molecule has 0 aliphatic carbocycles. The van der Waals surface area contributed by atoms with Crippen molar-refractivity contribution in [1.82, 2.24) is 5.32 Å². The Morgan fingerprint density at radius 2 is 1.71 bits per heavy atom. The second kappa shape index (κ2) is 10.3. The Bertz CT molecular complexity index is 832. The van der Waals surface area contributed by atoms with E-state index in [1.807, 2.05) is 56.3 Å². The van der Waals surface area contributed by atoms with Crippen molar-refractivity contribution in [2.24, 2.45) is 0 Å². The summed E-state index contributed by atoms with van der Waals surface area (Å²) in [6.07, 6.45) is 3.90. The van der Waals surface area contributed by atoms with Crippen LogP contribution in [0.3, 0.4) is 0 Å². The Labute approximate surface area is 166 Å². The lowest BCUT2D eigenvalue weighted by Crippen LogP contribution is -2.31. The summed E-state index contributed by atoms with van der Waals surface area (Å²) in [5.41, 5.74) is 1.82. The molecule has 1 amide bonds. The maximum Gasteiger partial charge on any atom is 0.258 e. The van der Waals surface area contributed by atoms with Crippen LogP contribution in [0.4, 0.5) is 0 Å². The van der Waals surface area contributed by atoms with Crippen molar-refractivity contribution >= 4 is 12.0 Å². The van der Waals surface area contributed by atoms with E-state index >= 15 is 0 Å². The predicted octanol–water partition coefficient (Wildman–Crippen LogP) is 4.00. The molecule has 2 aromatic carbocycles. The molecule has 2 aromatic rings. The molecule has 0 spiro atoms. The Morgan fingerprint density at radius 1 is 1.00 bits per heavy atom. The van der Waals surface area contributed by atoms with Crippen LogP contribution in [0, 0.1) is 0 Å². The second-order valence-electron chi connectivity index (χ2n) is 6.10. The first kappa shape index (κ1) is 21.2. The van der Waals surface area contributed by atoms with Crippen LogP contribution >= 0.6 is 0 Å². The van der Waals surface area contributed by atoms with E-state index in [2.05, 4.69) is 5.32 Å². The molecule has 0 aliphatic rings. The van der Waals surface area contributed by atoms with Gasteiger partial charge in [0.05, 0.1) is 27.4 Å². The van der Waals surface area contributed by atoms with Gasteiger partial charge in [0, 0.05) is 5.56 Å². The monoisotopic (exact) mass is 385 g/mol. The number of carbonyl (C=O) groups is 1. The summed E-state index contributed by atoms with van der Waals surface area (Å²) >= 11 is 0. The number of rotatable bonds is 9. The van der Waals surface area contributed by atoms with Crippen LogP contribution in [-0.4, -0.2) is 33.8 Å². The summed E-state index contributed by atoms with van der Waals surface area (Å²) in [5.74, 6) is 2.20. The molecule has 0 saturated carbocycles. The lowest BCUT2D eigenvalue weighted by molar-refractivity contribution is -0.123. The van der Waals surface area contributed by atoms with Crippen molar-refractivity contribution in [3.8, 4) is 23.0 Å². The van der Waals surface area contributed by atoms with Crippen molar-refractivity contribution in [3.05, 3.63) is 53.6 Å². The quantitative estimate of drug-likeness (QED) is 0.707. The molecule has 0 unspecified atom stereocenters. The first-order chi connectivity index (χ1) is 13.5. The summed E-state index contributed by atoms with van der Waals surface area (Å²) in [6, 6.07) is 10.7. The molecular weight excluding hydrogens is 358 g/mol. The van der Waals surface area contributed by atoms with Crippen LogP contribution in [-0.2, 0) is 4.79 Å². The number of ether oxygens (including phenoxy) is 4. The molecule has 0 bridgehead atoms. The van der Waals surface area contributed by atoms with Gasteiger partial charge in [0.1, 0.15) is 11.5 Å². The molecule has 1 N–H and O–H groups in total. The molecular formula is C22H27NO5. The molecule has 0 saturated heterocycles. The van der Waals surface area contributed by atoms with Gasteiger partial charge in [0.15, 0.2) is 18.1 Å². The summed E-state index contributed by atoms with van der Waals surface area (Å²) in [5, 5.41) is 2.91. The lowest BCUT2D eigenvalue weighted by Gasteiger charge is -2.18. The van der Waals surface area contributed by atoms with E-state index in [0.29, 0.717) is 23.0 Å². The van der Waals surface area contributed by atoms with Gasteiger partial charge in [0.2, 0.25) is 0 Å². The van der Waals surface area contributed by atoms with Gasteiger partial charge in [0.25, 0.3) is 5.91 Å². The van der Waals surface area contributed by atoms with Gasteiger partial charge in [-0.05, 0) is 49.7 Å². The van der Waals surface area contributed by atoms with Crippen molar-refractivity contribution in [1.29, 1.82) is 0 Å². The van der Waals surface area contributed by atoms with Gasteiger partial charge in [-0.25, -0.2) is 0 Å². The molecule has 28 heavy (non-hydrogen) atoms. The molecule has 0 aliphatic heterocycles. The number of benzene rings is 2. The highest BCUT2D eigenvalue weighted by Gasteiger charge is 2.16. The minimum Gasteiger partial charge on any atom is -0.497 e. The first-order valence-corrected chi connectivity index (χ1v) is 8.97. The fraction of sp³-hybridized carbons (Fsp3) is 0.318. The smallest absolute Gasteiger partial charge is 0.258 e. The van der Waals surface area contributed by atoms with E-state index in [4.69, 9.17) is 18.9 Å². The highest BCUT2D eigenvalue weighted by molar-refractivity contribution is 5.78. The van der Waals surface area contributed by atoms with Gasteiger partial charge < -0.3 is 24.3 Å². The zero-order chi connectivity index (χ0) is 20.5. The maximum atomic E-state index is 12.4. The molecule has 0 aromatic heterocycles. The van der Waals surface area contributed by atoms with Gasteiger partial charge >= 0.3 is 0 Å². The minimum atomic E-state index is -0.278. The van der Waals surface area contributed by atoms with Gasteiger partial charge in [-0.1, -0.05) is 18.2 Å². The number of carbonyl (C=O) groups excluding carboxylic acids is 1. The number of methoxy groups -OCH3 is 3. The third-order valence-corrected chi connectivity index (χ3v) is 4.19. The van der Waals surface area contributed by atoms with Gasteiger partial charge in [-0.2, -0.15) is 0 Å². The minimum absolute atomic E-state index is 0.129. The lowest BCUT2D eigenvalue weighted by atomic mass is 10.1. The van der Waals surface area contributed by atoms with Crippen molar-refractivity contribution in [2.75, 3.05) is 27.9 Å². The topological polar surface area (TPSA) is 66.0 Å². The third kappa shape index (κ3) is 5.42. The summed E-state index contributed by atoms with van der Waals surface area (Å²) in [6.45, 7) is 3.69. The van der Waals surface area contributed by atoms with Crippen LogP contribution < -0.4 is 24.3 Å².